The first-order valence-electron chi connectivity index (χ1n) is 9.21. The van der Waals surface area contributed by atoms with Crippen LogP contribution in [0.5, 0.6) is 0 Å². The fourth-order valence-corrected chi connectivity index (χ4v) is 3.39. The minimum Gasteiger partial charge on any atom is -0.454 e. The lowest BCUT2D eigenvalue weighted by Gasteiger charge is -2.25. The fraction of sp³-hybridized carbons (Fsp3) is 0.174. The van der Waals surface area contributed by atoms with Crippen molar-refractivity contribution in [1.29, 1.82) is 0 Å². The van der Waals surface area contributed by atoms with Gasteiger partial charge in [-0.3, -0.25) is 9.78 Å². The van der Waals surface area contributed by atoms with Gasteiger partial charge in [0, 0.05) is 24.4 Å². The average molecular weight is 372 g/mol. The first-order valence-corrected chi connectivity index (χ1v) is 9.21. The molecule has 2 aromatic carbocycles. The van der Waals surface area contributed by atoms with Crippen molar-refractivity contribution in [3.63, 3.8) is 0 Å². The van der Waals surface area contributed by atoms with E-state index in [0.29, 0.717) is 17.5 Å². The summed E-state index contributed by atoms with van der Waals surface area (Å²) in [4.78, 5) is 29.2. The van der Waals surface area contributed by atoms with Crippen molar-refractivity contribution in [1.82, 2.24) is 10.3 Å². The van der Waals surface area contributed by atoms with E-state index in [4.69, 9.17) is 4.74 Å². The maximum atomic E-state index is 12.7. The number of aromatic nitrogens is 1. The van der Waals surface area contributed by atoms with Gasteiger partial charge in [0.1, 0.15) is 6.10 Å². The van der Waals surface area contributed by atoms with Gasteiger partial charge in [-0.25, -0.2) is 4.79 Å². The maximum Gasteiger partial charge on any atom is 0.339 e. The van der Waals surface area contributed by atoms with Crippen LogP contribution in [-0.2, 0) is 11.2 Å². The van der Waals surface area contributed by atoms with Gasteiger partial charge in [-0.2, -0.15) is 0 Å². The first kappa shape index (κ1) is 17.9. The predicted octanol–water partition coefficient (Wildman–Crippen LogP) is 4.03. The Bertz CT molecular complexity index is 1000. The summed E-state index contributed by atoms with van der Waals surface area (Å²) in [6, 6.07) is 18.4. The van der Waals surface area contributed by atoms with Crippen LogP contribution in [-0.4, -0.2) is 16.9 Å². The Morgan fingerprint density at radius 1 is 1.14 bits per heavy atom. The lowest BCUT2D eigenvalue weighted by atomic mass is 9.93. The van der Waals surface area contributed by atoms with Gasteiger partial charge in [-0.1, -0.05) is 36.4 Å². The summed E-state index contributed by atoms with van der Waals surface area (Å²) in [5.41, 5.74) is 3.75. The van der Waals surface area contributed by atoms with Crippen molar-refractivity contribution >= 4 is 11.9 Å². The van der Waals surface area contributed by atoms with E-state index in [2.05, 4.69) is 10.3 Å². The third-order valence-electron chi connectivity index (χ3n) is 4.95. The van der Waals surface area contributed by atoms with Crippen molar-refractivity contribution in [2.24, 2.45) is 0 Å². The molecule has 0 saturated carbocycles. The molecule has 5 heteroatoms. The van der Waals surface area contributed by atoms with Gasteiger partial charge in [-0.15, -0.1) is 0 Å². The van der Waals surface area contributed by atoms with E-state index in [1.165, 1.54) is 0 Å². The Morgan fingerprint density at radius 2 is 1.96 bits per heavy atom. The van der Waals surface area contributed by atoms with E-state index >= 15 is 0 Å². The van der Waals surface area contributed by atoms with E-state index in [0.717, 1.165) is 16.7 Å². The largest absolute Gasteiger partial charge is 0.454 e. The summed E-state index contributed by atoms with van der Waals surface area (Å²) < 4.78 is 5.58. The molecule has 0 fully saturated rings. The number of amides is 1. The Morgan fingerprint density at radius 3 is 2.71 bits per heavy atom. The molecule has 4 rings (SSSR count). The number of esters is 1. The van der Waals surface area contributed by atoms with Crippen LogP contribution in [0, 0.1) is 0 Å². The second-order valence-corrected chi connectivity index (χ2v) is 6.86. The molecular formula is C23H20N2O3. The van der Waals surface area contributed by atoms with E-state index in [1.54, 1.807) is 30.6 Å². The highest BCUT2D eigenvalue weighted by Crippen LogP contribution is 2.31. The smallest absolute Gasteiger partial charge is 0.339 e. The number of nitrogens with one attached hydrogen (secondary N) is 1. The number of nitrogens with zero attached hydrogens (tertiary/aromatic N) is 1. The summed E-state index contributed by atoms with van der Waals surface area (Å²) in [5, 5.41) is 2.98. The summed E-state index contributed by atoms with van der Waals surface area (Å²) in [5.74, 6) is -0.542. The lowest BCUT2D eigenvalue weighted by Crippen LogP contribution is -2.28. The second-order valence-electron chi connectivity index (χ2n) is 6.86. The van der Waals surface area contributed by atoms with Crippen LogP contribution in [0.2, 0.25) is 0 Å². The van der Waals surface area contributed by atoms with Crippen molar-refractivity contribution in [2.75, 3.05) is 0 Å². The molecule has 1 aromatic heterocycles. The van der Waals surface area contributed by atoms with Crippen LogP contribution in [0.4, 0.5) is 0 Å². The molecule has 1 aliphatic rings. The molecule has 28 heavy (non-hydrogen) atoms. The molecule has 0 radical (unpaired) electrons. The zero-order valence-corrected chi connectivity index (χ0v) is 15.5. The van der Waals surface area contributed by atoms with Crippen molar-refractivity contribution in [2.45, 2.75) is 25.5 Å². The number of fused-ring (bicyclic) bond motifs is 1. The van der Waals surface area contributed by atoms with Crippen molar-refractivity contribution in [3.8, 4) is 0 Å². The topological polar surface area (TPSA) is 68.3 Å². The quantitative estimate of drug-likeness (QED) is 0.702. The number of benzene rings is 2. The molecule has 1 amide bonds. The van der Waals surface area contributed by atoms with E-state index in [1.807, 2.05) is 49.4 Å². The molecular weight excluding hydrogens is 352 g/mol. The van der Waals surface area contributed by atoms with Gasteiger partial charge < -0.3 is 10.1 Å². The SMILES string of the molecule is CC(NC(=O)c1ccc2c(c1)CC(c1ccccc1)OC2=O)c1cccnc1. The van der Waals surface area contributed by atoms with Crippen LogP contribution in [0.15, 0.2) is 73.1 Å². The first-order chi connectivity index (χ1) is 13.6. The second kappa shape index (κ2) is 7.64. The molecule has 2 atom stereocenters. The van der Waals surface area contributed by atoms with Crippen molar-refractivity contribution < 1.29 is 14.3 Å². The van der Waals surface area contributed by atoms with Gasteiger partial charge in [0.2, 0.25) is 0 Å². The molecule has 0 saturated heterocycles. The highest BCUT2D eigenvalue weighted by atomic mass is 16.5. The Balaban J connectivity index is 1.55. The summed E-state index contributed by atoms with van der Waals surface area (Å²) in [6.45, 7) is 1.91. The molecule has 2 heterocycles. The van der Waals surface area contributed by atoms with Gasteiger partial charge in [0.25, 0.3) is 5.91 Å². The molecule has 140 valence electrons. The predicted molar refractivity (Wildman–Crippen MR) is 105 cm³/mol. The number of rotatable bonds is 4. The third-order valence-corrected chi connectivity index (χ3v) is 4.95. The molecule has 0 bridgehead atoms. The number of hydrogen-bond donors (Lipinski definition) is 1. The third kappa shape index (κ3) is 3.64. The normalized spacial score (nSPS) is 16.6. The molecule has 0 aliphatic carbocycles. The van der Waals surface area contributed by atoms with Gasteiger partial charge in [0.15, 0.2) is 0 Å². The van der Waals surface area contributed by atoms with E-state index in [9.17, 15) is 9.59 Å². The highest BCUT2D eigenvalue weighted by Gasteiger charge is 2.28. The molecule has 1 aliphatic heterocycles. The summed E-state index contributed by atoms with van der Waals surface area (Å²) >= 11 is 0. The number of cyclic esters (lactones) is 1. The van der Waals surface area contributed by atoms with Crippen molar-refractivity contribution in [3.05, 3.63) is 101 Å². The number of ether oxygens (including phenoxy) is 1. The maximum absolute atomic E-state index is 12.7. The fourth-order valence-electron chi connectivity index (χ4n) is 3.39. The Labute approximate surface area is 163 Å². The van der Waals surface area contributed by atoms with Gasteiger partial charge in [-0.05, 0) is 47.9 Å². The minimum absolute atomic E-state index is 0.167. The van der Waals surface area contributed by atoms with Crippen LogP contribution < -0.4 is 5.32 Å². The van der Waals surface area contributed by atoms with Crippen LogP contribution in [0.1, 0.15) is 56.5 Å². The standard InChI is InChI=1S/C23H20N2O3/c1-15(18-8-5-11-24-14-18)25-22(26)17-9-10-20-19(12-17)13-21(28-23(20)27)16-6-3-2-4-7-16/h2-12,14-15,21H,13H2,1H3,(H,25,26). The zero-order chi connectivity index (χ0) is 19.5. The number of carbonyl (C=O) groups is 2. The highest BCUT2D eigenvalue weighted by molar-refractivity contribution is 5.98. The Kier molecular flexibility index (Phi) is 4.89. The molecule has 5 nitrogen and oxygen atoms in total. The van der Waals surface area contributed by atoms with Crippen LogP contribution in [0.25, 0.3) is 0 Å². The van der Waals surface area contributed by atoms with Gasteiger partial charge >= 0.3 is 5.97 Å². The summed E-state index contributed by atoms with van der Waals surface area (Å²) in [7, 11) is 0. The van der Waals surface area contributed by atoms with Gasteiger partial charge in [0.05, 0.1) is 11.6 Å². The molecule has 0 spiro atoms. The minimum atomic E-state index is -0.356. The molecule has 2 unspecified atom stereocenters. The van der Waals surface area contributed by atoms with E-state index in [-0.39, 0.29) is 24.0 Å². The number of hydrogen-bond acceptors (Lipinski definition) is 4. The monoisotopic (exact) mass is 372 g/mol. The average Bonchev–Trinajstić information content (AvgIpc) is 2.74. The van der Waals surface area contributed by atoms with E-state index < -0.39 is 0 Å². The molecule has 3 aromatic rings. The molecule has 1 N–H and O–H groups in total. The van der Waals surface area contributed by atoms with Crippen LogP contribution in [0.3, 0.4) is 0 Å². The van der Waals surface area contributed by atoms with Crippen LogP contribution >= 0.6 is 0 Å². The lowest BCUT2D eigenvalue weighted by molar-refractivity contribution is 0.0252. The summed E-state index contributed by atoms with van der Waals surface area (Å²) in [6.07, 6.45) is 3.64. The number of pyridine rings is 1. The Hall–Kier alpha value is -3.47. The number of carbonyl (C=O) groups excluding carboxylic acids is 2. The zero-order valence-electron chi connectivity index (χ0n) is 15.5.